The smallest absolute Gasteiger partial charge is 0.0436 e. The Kier molecular flexibility index (Phi) is 50.9. The SMILES string of the molecule is C#CCC(C#C)CN(C)C.CCCCC/C=C\C/C=C\C/C=C\CCCCCC.[CH2]CCCCC/C=C\C/C=C\C/C=C\CCCCC. The van der Waals surface area contributed by atoms with Gasteiger partial charge in [0, 0.05) is 18.9 Å². The summed E-state index contributed by atoms with van der Waals surface area (Å²) in [6, 6.07) is 0. The van der Waals surface area contributed by atoms with Crippen LogP contribution >= 0.6 is 0 Å². The van der Waals surface area contributed by atoms with Crippen LogP contribution < -0.4 is 0 Å². The van der Waals surface area contributed by atoms with Gasteiger partial charge in [0.25, 0.3) is 0 Å². The molecule has 0 rings (SSSR count). The molecule has 1 radical (unpaired) electrons. The summed E-state index contributed by atoms with van der Waals surface area (Å²) in [4.78, 5) is 2.04. The third-order valence-corrected chi connectivity index (χ3v) is 7.57. The predicted octanol–water partition coefficient (Wildman–Crippen LogP) is 14.6. The van der Waals surface area contributed by atoms with Gasteiger partial charge in [-0.05, 0) is 91.1 Å². The highest BCUT2D eigenvalue weighted by Gasteiger charge is 2.02. The maximum Gasteiger partial charge on any atom is 0.0436 e. The van der Waals surface area contributed by atoms with Gasteiger partial charge in [-0.25, -0.2) is 0 Å². The molecule has 48 heavy (non-hydrogen) atoms. The molecule has 0 heterocycles. The molecule has 1 nitrogen and oxygen atoms in total. The summed E-state index contributed by atoms with van der Waals surface area (Å²) < 4.78 is 0. The Labute approximate surface area is 303 Å². The van der Waals surface area contributed by atoms with Crippen LogP contribution in [0.3, 0.4) is 0 Å². The summed E-state index contributed by atoms with van der Waals surface area (Å²) in [5.74, 6) is 5.41. The van der Waals surface area contributed by atoms with E-state index in [4.69, 9.17) is 12.8 Å². The number of terminal acetylenes is 2. The molecule has 273 valence electrons. The minimum atomic E-state index is 0.208. The maximum absolute atomic E-state index is 5.23. The monoisotopic (exact) mass is 659 g/mol. The normalized spacial score (nSPS) is 12.3. The first-order chi connectivity index (χ1) is 23.5. The van der Waals surface area contributed by atoms with Gasteiger partial charge >= 0.3 is 0 Å². The van der Waals surface area contributed by atoms with Crippen molar-refractivity contribution in [2.24, 2.45) is 5.92 Å². The summed E-state index contributed by atoms with van der Waals surface area (Å²) in [6.07, 6.45) is 66.4. The van der Waals surface area contributed by atoms with Gasteiger partial charge in [-0.15, -0.1) is 24.7 Å². The first-order valence-electron chi connectivity index (χ1n) is 19.8. The fourth-order valence-corrected chi connectivity index (χ4v) is 4.64. The van der Waals surface area contributed by atoms with E-state index in [9.17, 15) is 0 Å². The van der Waals surface area contributed by atoms with Gasteiger partial charge in [0.1, 0.15) is 0 Å². The average Bonchev–Trinajstić information content (AvgIpc) is 3.08. The van der Waals surface area contributed by atoms with E-state index in [-0.39, 0.29) is 5.92 Å². The number of nitrogens with zero attached hydrogens (tertiary/aromatic N) is 1. The standard InChI is InChI=1S/C19H34.C19H33.C9H13N/c2*1-3-5-7-9-11-13-15-17-19-18-16-14-12-10-8-6-4-2;1-5-7-9(6-2)8-10(3)4/h11,13-14,16-17,19H,3-10,12,15,18H2,1-2H3;12-15,18-19H,1,3-11,16-17H2,2H3;1-2,9H,7-8H2,3-4H3/b13-11-,16-14-,19-17-;14-12-,15-13-,19-18-;. The Balaban J connectivity index is -0.000000665. The lowest BCUT2D eigenvalue weighted by molar-refractivity contribution is 0.367. The lowest BCUT2D eigenvalue weighted by atomic mass is 10.1. The Bertz CT molecular complexity index is 798. The molecule has 0 aromatic rings. The molecule has 0 spiro atoms. The van der Waals surface area contributed by atoms with Crippen LogP contribution in [0.25, 0.3) is 0 Å². The third-order valence-electron chi connectivity index (χ3n) is 7.57. The van der Waals surface area contributed by atoms with Crippen LogP contribution in [0.1, 0.15) is 168 Å². The van der Waals surface area contributed by atoms with Crippen LogP contribution in [0.15, 0.2) is 72.9 Å². The third kappa shape index (κ3) is 53.0. The van der Waals surface area contributed by atoms with Crippen molar-refractivity contribution in [3.8, 4) is 24.7 Å². The molecular weight excluding hydrogens is 579 g/mol. The van der Waals surface area contributed by atoms with Gasteiger partial charge in [0.2, 0.25) is 0 Å². The molecule has 1 heteroatoms. The second kappa shape index (κ2) is 48.9. The van der Waals surface area contributed by atoms with Crippen LogP contribution in [0.4, 0.5) is 0 Å². The largest absolute Gasteiger partial charge is 0.308 e. The van der Waals surface area contributed by atoms with E-state index in [2.05, 4.69) is 112 Å². The Hall–Kier alpha value is -2.48. The van der Waals surface area contributed by atoms with Gasteiger partial charge in [-0.2, -0.15) is 0 Å². The molecular formula is C47H80N. The van der Waals surface area contributed by atoms with E-state index in [0.717, 1.165) is 38.6 Å². The van der Waals surface area contributed by atoms with Crippen molar-refractivity contribution in [3.05, 3.63) is 79.8 Å². The fourth-order valence-electron chi connectivity index (χ4n) is 4.64. The van der Waals surface area contributed by atoms with Gasteiger partial charge in [0.05, 0.1) is 0 Å². The molecule has 0 aliphatic rings. The van der Waals surface area contributed by atoms with Crippen molar-refractivity contribution in [2.75, 3.05) is 20.6 Å². The Morgan fingerprint density at radius 1 is 0.500 bits per heavy atom. The number of allylic oxidation sites excluding steroid dienone is 12. The number of unbranched alkanes of at least 4 members (excludes halogenated alkanes) is 14. The van der Waals surface area contributed by atoms with E-state index in [1.54, 1.807) is 0 Å². The minimum Gasteiger partial charge on any atom is -0.308 e. The molecule has 0 amide bonds. The van der Waals surface area contributed by atoms with Crippen LogP contribution in [-0.4, -0.2) is 25.5 Å². The Morgan fingerprint density at radius 2 is 0.833 bits per heavy atom. The number of rotatable bonds is 29. The average molecular weight is 659 g/mol. The van der Waals surface area contributed by atoms with E-state index in [0.29, 0.717) is 6.42 Å². The van der Waals surface area contributed by atoms with Crippen molar-refractivity contribution in [3.63, 3.8) is 0 Å². The molecule has 1 atom stereocenters. The van der Waals surface area contributed by atoms with Crippen molar-refractivity contribution >= 4 is 0 Å². The summed E-state index contributed by atoms with van der Waals surface area (Å²) >= 11 is 0. The van der Waals surface area contributed by atoms with Crippen molar-refractivity contribution in [2.45, 2.75) is 168 Å². The molecule has 0 aliphatic heterocycles. The summed E-state index contributed by atoms with van der Waals surface area (Å²) in [5.41, 5.74) is 0. The lowest BCUT2D eigenvalue weighted by Crippen LogP contribution is -2.20. The second-order valence-corrected chi connectivity index (χ2v) is 12.8. The summed E-state index contributed by atoms with van der Waals surface area (Å²) in [7, 11) is 3.97. The van der Waals surface area contributed by atoms with E-state index < -0.39 is 0 Å². The zero-order chi connectivity index (χ0) is 36.0. The molecule has 0 saturated carbocycles. The molecule has 0 aliphatic carbocycles. The fraction of sp³-hybridized carbons (Fsp3) is 0.638. The first-order valence-corrected chi connectivity index (χ1v) is 19.8. The highest BCUT2D eigenvalue weighted by atomic mass is 15.1. The van der Waals surface area contributed by atoms with Crippen molar-refractivity contribution < 1.29 is 0 Å². The van der Waals surface area contributed by atoms with Gasteiger partial charge in [-0.3, -0.25) is 0 Å². The van der Waals surface area contributed by atoms with Gasteiger partial charge in [-0.1, -0.05) is 165 Å². The number of hydrogen-bond donors (Lipinski definition) is 0. The first kappa shape index (κ1) is 49.9. The molecule has 0 aromatic heterocycles. The van der Waals surface area contributed by atoms with Crippen molar-refractivity contribution in [1.82, 2.24) is 4.90 Å². The molecule has 0 fully saturated rings. The predicted molar refractivity (Wildman–Crippen MR) is 223 cm³/mol. The minimum absolute atomic E-state index is 0.208. The lowest BCUT2D eigenvalue weighted by Gasteiger charge is -2.12. The van der Waals surface area contributed by atoms with Crippen LogP contribution in [0.5, 0.6) is 0 Å². The van der Waals surface area contributed by atoms with E-state index in [1.165, 1.54) is 109 Å². The molecule has 0 N–H and O–H groups in total. The van der Waals surface area contributed by atoms with Crippen LogP contribution in [-0.2, 0) is 0 Å². The van der Waals surface area contributed by atoms with Crippen LogP contribution in [0.2, 0.25) is 0 Å². The maximum atomic E-state index is 5.23. The van der Waals surface area contributed by atoms with E-state index >= 15 is 0 Å². The number of hydrogen-bond acceptors (Lipinski definition) is 1. The summed E-state index contributed by atoms with van der Waals surface area (Å²) in [5, 5.41) is 0. The summed E-state index contributed by atoms with van der Waals surface area (Å²) in [6.45, 7) is 11.5. The quantitative estimate of drug-likeness (QED) is 0.0439. The Morgan fingerprint density at radius 3 is 1.15 bits per heavy atom. The topological polar surface area (TPSA) is 3.24 Å². The zero-order valence-electron chi connectivity index (χ0n) is 32.8. The van der Waals surface area contributed by atoms with Gasteiger partial charge in [0.15, 0.2) is 0 Å². The molecule has 1 unspecified atom stereocenters. The van der Waals surface area contributed by atoms with Gasteiger partial charge < -0.3 is 4.90 Å². The molecule has 0 aromatic carbocycles. The zero-order valence-corrected chi connectivity index (χ0v) is 32.8. The highest BCUT2D eigenvalue weighted by molar-refractivity contribution is 5.01. The second-order valence-electron chi connectivity index (χ2n) is 12.8. The van der Waals surface area contributed by atoms with Crippen molar-refractivity contribution in [1.29, 1.82) is 0 Å². The molecule has 0 bridgehead atoms. The molecule has 0 saturated heterocycles. The van der Waals surface area contributed by atoms with E-state index in [1.807, 2.05) is 19.0 Å². The van der Waals surface area contributed by atoms with Crippen LogP contribution in [0, 0.1) is 37.5 Å². The highest BCUT2D eigenvalue weighted by Crippen LogP contribution is 2.05.